The molecule has 0 saturated heterocycles. The molecule has 0 spiro atoms. The molecule has 3 aromatic rings. The summed E-state index contributed by atoms with van der Waals surface area (Å²) in [6.07, 6.45) is 1.40. The number of hydrogen-bond donors (Lipinski definition) is 1. The summed E-state index contributed by atoms with van der Waals surface area (Å²) in [6.45, 7) is 0.127. The van der Waals surface area contributed by atoms with Crippen molar-refractivity contribution in [3.63, 3.8) is 0 Å². The van der Waals surface area contributed by atoms with Crippen LogP contribution in [-0.4, -0.2) is 19.5 Å². The number of hydrogen-bond acceptors (Lipinski definition) is 5. The lowest BCUT2D eigenvalue weighted by Gasteiger charge is -2.05. The first-order chi connectivity index (χ1) is 9.54. The van der Waals surface area contributed by atoms with Crippen LogP contribution in [-0.2, 0) is 6.54 Å². The first-order valence-electron chi connectivity index (χ1n) is 5.43. The van der Waals surface area contributed by atoms with E-state index >= 15 is 0 Å². The summed E-state index contributed by atoms with van der Waals surface area (Å²) in [5.74, 6) is 0.408. The van der Waals surface area contributed by atoms with Gasteiger partial charge in [-0.3, -0.25) is 14.3 Å². The van der Waals surface area contributed by atoms with Crippen LogP contribution in [0.25, 0.3) is 10.2 Å². The molecule has 0 radical (unpaired) electrons. The topological polar surface area (TPSA) is 80.6 Å². The van der Waals surface area contributed by atoms with E-state index in [0.717, 1.165) is 10.2 Å². The smallest absolute Gasteiger partial charge is 0.292 e. The van der Waals surface area contributed by atoms with E-state index in [4.69, 9.17) is 11.6 Å². The van der Waals surface area contributed by atoms with Crippen LogP contribution in [0, 0.1) is 0 Å². The molecule has 0 bridgehead atoms. The molecule has 0 unspecified atom stereocenters. The van der Waals surface area contributed by atoms with E-state index in [1.165, 1.54) is 22.1 Å². The Hall–Kier alpha value is -1.51. The third kappa shape index (κ3) is 2.41. The molecule has 0 atom stereocenters. The Bertz CT molecular complexity index is 917. The van der Waals surface area contributed by atoms with Crippen molar-refractivity contribution in [1.29, 1.82) is 0 Å². The predicted molar refractivity (Wildman–Crippen MR) is 80.5 cm³/mol. The fourth-order valence-corrected chi connectivity index (χ4v) is 3.12. The van der Waals surface area contributed by atoms with Crippen molar-refractivity contribution in [2.75, 3.05) is 0 Å². The highest BCUT2D eigenvalue weighted by molar-refractivity contribution is 9.10. The van der Waals surface area contributed by atoms with Gasteiger partial charge in [0.1, 0.15) is 9.98 Å². The molecule has 1 N–H and O–H groups in total. The summed E-state index contributed by atoms with van der Waals surface area (Å²) in [5, 5.41) is 3.01. The normalized spacial score (nSPS) is 11.1. The highest BCUT2D eigenvalue weighted by atomic mass is 79.9. The number of aromatic amines is 1. The van der Waals surface area contributed by atoms with Crippen LogP contribution in [0.5, 0.6) is 0 Å². The summed E-state index contributed by atoms with van der Waals surface area (Å²) < 4.78 is 1.57. The summed E-state index contributed by atoms with van der Waals surface area (Å²) >= 11 is 10.6. The van der Waals surface area contributed by atoms with Crippen molar-refractivity contribution < 1.29 is 0 Å². The predicted octanol–water partition coefficient (Wildman–Crippen LogP) is 2.01. The van der Waals surface area contributed by atoms with Crippen LogP contribution in [0.1, 0.15) is 5.82 Å². The van der Waals surface area contributed by atoms with Gasteiger partial charge >= 0.3 is 5.69 Å². The molecular formula is C11H6BrClN4O2S. The average molecular weight is 374 g/mol. The zero-order valence-corrected chi connectivity index (χ0v) is 12.9. The van der Waals surface area contributed by atoms with Gasteiger partial charge in [-0.1, -0.05) is 11.6 Å². The molecule has 0 saturated carbocycles. The molecule has 3 aromatic heterocycles. The molecule has 9 heteroatoms. The molecule has 3 heterocycles. The highest BCUT2D eigenvalue weighted by Gasteiger charge is 2.09. The molecule has 102 valence electrons. The maximum absolute atomic E-state index is 11.7. The number of H-pyrrole nitrogens is 1. The number of thiophene rings is 1. The molecule has 0 aliphatic rings. The van der Waals surface area contributed by atoms with Crippen molar-refractivity contribution >= 4 is 49.1 Å². The van der Waals surface area contributed by atoms with Gasteiger partial charge < -0.3 is 0 Å². The van der Waals surface area contributed by atoms with Gasteiger partial charge in [-0.15, -0.1) is 11.3 Å². The Labute approximate surface area is 129 Å². The largest absolute Gasteiger partial charge is 0.328 e. The Balaban J connectivity index is 2.07. The second-order valence-corrected chi connectivity index (χ2v) is 6.04. The van der Waals surface area contributed by atoms with Crippen molar-refractivity contribution in [3.8, 4) is 0 Å². The maximum Gasteiger partial charge on any atom is 0.328 e. The second-order valence-electron chi connectivity index (χ2n) is 3.93. The Morgan fingerprint density at radius 2 is 2.20 bits per heavy atom. The van der Waals surface area contributed by atoms with Crippen molar-refractivity contribution in [2.24, 2.45) is 0 Å². The highest BCUT2D eigenvalue weighted by Crippen LogP contribution is 2.24. The molecule has 0 amide bonds. The molecule has 0 aromatic carbocycles. The standard InChI is InChI=1S/C11H6BrClN4O2S/c12-6-3-17(11(19)16-9(6)18)4-7-14-8(13)5-1-2-20-10(5)15-7/h1-3H,4H2,(H,16,18,19). The second kappa shape index (κ2) is 5.12. The minimum atomic E-state index is -0.524. The Kier molecular flexibility index (Phi) is 3.45. The van der Waals surface area contributed by atoms with E-state index < -0.39 is 11.2 Å². The van der Waals surface area contributed by atoms with Gasteiger partial charge in [0.2, 0.25) is 0 Å². The van der Waals surface area contributed by atoms with Gasteiger partial charge in [-0.2, -0.15) is 0 Å². The Morgan fingerprint density at radius 1 is 1.40 bits per heavy atom. The van der Waals surface area contributed by atoms with Gasteiger partial charge in [0, 0.05) is 11.6 Å². The van der Waals surface area contributed by atoms with Crippen LogP contribution in [0.4, 0.5) is 0 Å². The fraction of sp³-hybridized carbons (Fsp3) is 0.0909. The number of rotatable bonds is 2. The number of fused-ring (bicyclic) bond motifs is 1. The zero-order valence-electron chi connectivity index (χ0n) is 9.76. The zero-order chi connectivity index (χ0) is 14.3. The van der Waals surface area contributed by atoms with Crippen molar-refractivity contribution in [1.82, 2.24) is 19.5 Å². The van der Waals surface area contributed by atoms with E-state index in [-0.39, 0.29) is 11.0 Å². The third-order valence-electron chi connectivity index (χ3n) is 2.60. The van der Waals surface area contributed by atoms with Gasteiger partial charge in [0.05, 0.1) is 11.0 Å². The molecule has 0 fully saturated rings. The van der Waals surface area contributed by atoms with Gasteiger partial charge in [0.15, 0.2) is 5.82 Å². The van der Waals surface area contributed by atoms with Gasteiger partial charge in [-0.05, 0) is 27.4 Å². The van der Waals surface area contributed by atoms with Crippen LogP contribution in [0.2, 0.25) is 5.15 Å². The summed E-state index contributed by atoms with van der Waals surface area (Å²) in [7, 11) is 0. The lowest BCUT2D eigenvalue weighted by atomic mass is 10.4. The SMILES string of the molecule is O=c1[nH]c(=O)n(Cc2nc(Cl)c3ccsc3n2)cc1Br. The van der Waals surface area contributed by atoms with Gasteiger partial charge in [-0.25, -0.2) is 14.8 Å². The number of aromatic nitrogens is 4. The van der Waals surface area contributed by atoms with E-state index in [1.807, 2.05) is 11.4 Å². The van der Waals surface area contributed by atoms with Crippen LogP contribution in [0.3, 0.4) is 0 Å². The molecule has 0 aliphatic heterocycles. The van der Waals surface area contributed by atoms with Gasteiger partial charge in [0.25, 0.3) is 5.56 Å². The summed E-state index contributed by atoms with van der Waals surface area (Å²) in [4.78, 5) is 34.4. The quantitative estimate of drug-likeness (QED) is 0.697. The van der Waals surface area contributed by atoms with E-state index in [1.54, 1.807) is 0 Å². The lowest BCUT2D eigenvalue weighted by Crippen LogP contribution is -2.30. The molecule has 6 nitrogen and oxygen atoms in total. The maximum atomic E-state index is 11.7. The summed E-state index contributed by atoms with van der Waals surface area (Å²) in [5.41, 5.74) is -0.997. The molecule has 20 heavy (non-hydrogen) atoms. The van der Waals surface area contributed by atoms with E-state index in [0.29, 0.717) is 11.0 Å². The van der Waals surface area contributed by atoms with Crippen molar-refractivity contribution in [3.05, 3.63) is 53.9 Å². The van der Waals surface area contributed by atoms with Crippen LogP contribution < -0.4 is 11.2 Å². The monoisotopic (exact) mass is 372 g/mol. The minimum Gasteiger partial charge on any atom is -0.292 e. The molecule has 3 rings (SSSR count). The number of halogens is 2. The minimum absolute atomic E-state index is 0.127. The first-order valence-corrected chi connectivity index (χ1v) is 7.48. The number of nitrogens with one attached hydrogen (secondary N) is 1. The lowest BCUT2D eigenvalue weighted by molar-refractivity contribution is 0.685. The first kappa shape index (κ1) is 13.5. The molecule has 0 aliphatic carbocycles. The fourth-order valence-electron chi connectivity index (χ4n) is 1.68. The Morgan fingerprint density at radius 3 is 3.00 bits per heavy atom. The van der Waals surface area contributed by atoms with E-state index in [9.17, 15) is 9.59 Å². The van der Waals surface area contributed by atoms with Crippen LogP contribution in [0.15, 0.2) is 31.7 Å². The van der Waals surface area contributed by atoms with Crippen LogP contribution >= 0.6 is 38.9 Å². The average Bonchev–Trinajstić information content (AvgIpc) is 2.85. The van der Waals surface area contributed by atoms with E-state index in [2.05, 4.69) is 30.9 Å². The third-order valence-corrected chi connectivity index (χ3v) is 4.26. The van der Waals surface area contributed by atoms with Crippen molar-refractivity contribution in [2.45, 2.75) is 6.54 Å². The molecular weight excluding hydrogens is 368 g/mol. The number of nitrogens with zero attached hydrogens (tertiary/aromatic N) is 3. The summed E-state index contributed by atoms with van der Waals surface area (Å²) in [6, 6.07) is 1.84.